The first-order valence-corrected chi connectivity index (χ1v) is 15.1. The number of hydrogen-bond donors (Lipinski definition) is 1. The van der Waals surface area contributed by atoms with Crippen molar-refractivity contribution < 1.29 is 23.9 Å². The van der Waals surface area contributed by atoms with Gasteiger partial charge in [-0.3, -0.25) is 19.3 Å². The zero-order chi connectivity index (χ0) is 26.6. The highest BCUT2D eigenvalue weighted by molar-refractivity contribution is 7.99. The molecular weight excluding hydrogens is 504 g/mol. The molecule has 4 aliphatic rings. The lowest BCUT2D eigenvalue weighted by atomic mass is 9.95. The molecule has 4 atom stereocenters. The summed E-state index contributed by atoms with van der Waals surface area (Å²) >= 11 is 1.63. The maximum Gasteiger partial charge on any atom is 0.251 e. The number of piperazine rings is 1. The normalized spacial score (nSPS) is 27.1. The molecule has 3 aliphatic heterocycles. The number of rotatable bonds is 9. The Kier molecular flexibility index (Phi) is 8.92. The Labute approximate surface area is 229 Å². The van der Waals surface area contributed by atoms with Gasteiger partial charge in [0.15, 0.2) is 5.78 Å². The molecular formula is C28H40N4O5S. The minimum atomic E-state index is -0.625. The number of anilines is 1. The van der Waals surface area contributed by atoms with E-state index in [4.69, 9.17) is 9.47 Å². The van der Waals surface area contributed by atoms with Crippen LogP contribution >= 0.6 is 11.8 Å². The Balaban J connectivity index is 1.24. The SMILES string of the molecule is COCCN1CCN(c2ccc(C(=O)N[C@H](C(=O)N3C[C@H](SC)[C@H]4OCC(=O)[C@H]43)C3CCCC3)cc2)CC1. The molecule has 1 N–H and O–H groups in total. The van der Waals surface area contributed by atoms with Gasteiger partial charge in [0.25, 0.3) is 5.91 Å². The number of carbonyl (C=O) groups is 3. The third-order valence-corrected chi connectivity index (χ3v) is 9.65. The third-order valence-electron chi connectivity index (χ3n) is 8.63. The Morgan fingerprint density at radius 3 is 2.50 bits per heavy atom. The minimum absolute atomic E-state index is 0.0356. The molecule has 1 aliphatic carbocycles. The second kappa shape index (κ2) is 12.4. The van der Waals surface area contributed by atoms with Crippen LogP contribution in [-0.4, -0.2) is 117 Å². The van der Waals surface area contributed by atoms with E-state index in [9.17, 15) is 14.4 Å². The van der Waals surface area contributed by atoms with E-state index < -0.39 is 12.1 Å². The van der Waals surface area contributed by atoms with Crippen LogP contribution in [0.1, 0.15) is 36.0 Å². The monoisotopic (exact) mass is 544 g/mol. The van der Waals surface area contributed by atoms with Crippen molar-refractivity contribution >= 4 is 35.0 Å². The van der Waals surface area contributed by atoms with Crippen LogP contribution < -0.4 is 10.2 Å². The van der Waals surface area contributed by atoms with Crippen molar-refractivity contribution in [1.29, 1.82) is 0 Å². The fourth-order valence-corrected chi connectivity index (χ4v) is 7.20. The molecule has 3 saturated heterocycles. The first-order chi connectivity index (χ1) is 18.5. The van der Waals surface area contributed by atoms with Crippen LogP contribution in [0.15, 0.2) is 24.3 Å². The highest BCUT2D eigenvalue weighted by atomic mass is 32.2. The van der Waals surface area contributed by atoms with E-state index >= 15 is 0 Å². The number of benzene rings is 1. The van der Waals surface area contributed by atoms with Gasteiger partial charge < -0.3 is 24.6 Å². The van der Waals surface area contributed by atoms with Gasteiger partial charge in [0.1, 0.15) is 18.7 Å². The molecule has 1 aromatic rings. The van der Waals surface area contributed by atoms with E-state index in [2.05, 4.69) is 15.1 Å². The number of carbonyl (C=O) groups excluding carboxylic acids is 3. The van der Waals surface area contributed by atoms with Gasteiger partial charge >= 0.3 is 0 Å². The standard InChI is InChI=1S/C28H40N4O5S/c1-36-16-15-30-11-13-31(14-12-30)21-9-7-20(8-10-21)27(34)29-24(19-5-3-4-6-19)28(35)32-17-23(38-2)26-25(32)22(33)18-37-26/h7-10,19,23-26H,3-6,11-18H2,1-2H3,(H,29,34)/t23-,24-,25+,26+/m0/s1. The number of ether oxygens (including phenoxy) is 2. The number of Topliss-reactive ketones (excluding diaryl/α,β-unsaturated/α-hetero) is 1. The maximum absolute atomic E-state index is 13.9. The summed E-state index contributed by atoms with van der Waals surface area (Å²) in [6.07, 6.45) is 5.66. The molecule has 2 amide bonds. The Morgan fingerprint density at radius 1 is 1.13 bits per heavy atom. The molecule has 38 heavy (non-hydrogen) atoms. The largest absolute Gasteiger partial charge is 0.383 e. The Morgan fingerprint density at radius 2 is 1.84 bits per heavy atom. The summed E-state index contributed by atoms with van der Waals surface area (Å²) in [5, 5.41) is 3.16. The van der Waals surface area contributed by atoms with Gasteiger partial charge in [-0.1, -0.05) is 12.8 Å². The van der Waals surface area contributed by atoms with Crippen molar-refractivity contribution in [3.8, 4) is 0 Å². The number of thioether (sulfide) groups is 1. The summed E-state index contributed by atoms with van der Waals surface area (Å²) in [7, 11) is 1.73. The van der Waals surface area contributed by atoms with Crippen LogP contribution in [0, 0.1) is 5.92 Å². The summed E-state index contributed by atoms with van der Waals surface area (Å²) in [6, 6.07) is 6.53. The molecule has 0 unspecified atom stereocenters. The number of fused-ring (bicyclic) bond motifs is 1. The predicted molar refractivity (Wildman–Crippen MR) is 148 cm³/mol. The summed E-state index contributed by atoms with van der Waals surface area (Å²) in [5.41, 5.74) is 1.65. The van der Waals surface area contributed by atoms with Crippen LogP contribution in [0.25, 0.3) is 0 Å². The molecule has 9 nitrogen and oxygen atoms in total. The Bertz CT molecular complexity index is 993. The number of hydrogen-bond acceptors (Lipinski definition) is 8. The summed E-state index contributed by atoms with van der Waals surface area (Å²) in [6.45, 7) is 6.08. The van der Waals surface area contributed by atoms with E-state index in [0.29, 0.717) is 12.1 Å². The zero-order valence-corrected chi connectivity index (χ0v) is 23.3. The Hall–Kier alpha value is -2.14. The van der Waals surface area contributed by atoms with Crippen molar-refractivity contribution in [2.24, 2.45) is 5.92 Å². The van der Waals surface area contributed by atoms with Gasteiger partial charge in [0.2, 0.25) is 5.91 Å². The van der Waals surface area contributed by atoms with Crippen molar-refractivity contribution in [2.75, 3.05) is 70.7 Å². The molecule has 10 heteroatoms. The topological polar surface area (TPSA) is 91.4 Å². The molecule has 4 fully saturated rings. The molecule has 0 spiro atoms. The number of nitrogens with one attached hydrogen (secondary N) is 1. The van der Waals surface area contributed by atoms with Crippen LogP contribution in [0.5, 0.6) is 0 Å². The van der Waals surface area contributed by atoms with E-state index in [1.807, 2.05) is 30.5 Å². The van der Waals surface area contributed by atoms with Gasteiger partial charge in [-0.25, -0.2) is 0 Å². The maximum atomic E-state index is 13.9. The number of amides is 2. The van der Waals surface area contributed by atoms with Crippen LogP contribution in [0.4, 0.5) is 5.69 Å². The molecule has 0 bridgehead atoms. The van der Waals surface area contributed by atoms with Crippen molar-refractivity contribution in [3.63, 3.8) is 0 Å². The van der Waals surface area contributed by atoms with Crippen LogP contribution in [0.2, 0.25) is 0 Å². The van der Waals surface area contributed by atoms with Gasteiger partial charge in [0, 0.05) is 57.6 Å². The second-order valence-electron chi connectivity index (χ2n) is 10.8. The third kappa shape index (κ3) is 5.73. The summed E-state index contributed by atoms with van der Waals surface area (Å²) < 4.78 is 10.9. The summed E-state index contributed by atoms with van der Waals surface area (Å²) in [5.74, 6) is -0.327. The van der Waals surface area contributed by atoms with E-state index in [-0.39, 0.29) is 41.5 Å². The molecule has 1 saturated carbocycles. The average Bonchev–Trinajstić information content (AvgIpc) is 3.69. The zero-order valence-electron chi connectivity index (χ0n) is 22.5. The lowest BCUT2D eigenvalue weighted by molar-refractivity contribution is -0.139. The smallest absolute Gasteiger partial charge is 0.251 e. The van der Waals surface area contributed by atoms with E-state index in [1.54, 1.807) is 23.8 Å². The molecule has 1 aromatic carbocycles. The number of likely N-dealkylation sites (tertiary alicyclic amines) is 1. The highest BCUT2D eigenvalue weighted by Crippen LogP contribution is 2.36. The van der Waals surface area contributed by atoms with E-state index in [1.165, 1.54) is 0 Å². The van der Waals surface area contributed by atoms with Crippen molar-refractivity contribution in [2.45, 2.75) is 49.1 Å². The fraction of sp³-hybridized carbons (Fsp3) is 0.679. The lowest BCUT2D eigenvalue weighted by Crippen LogP contribution is -2.54. The number of nitrogens with zero attached hydrogens (tertiary/aromatic N) is 3. The number of ketones is 1. The van der Waals surface area contributed by atoms with Gasteiger partial charge in [-0.05, 0) is 49.3 Å². The van der Waals surface area contributed by atoms with Gasteiger partial charge in [-0.15, -0.1) is 0 Å². The molecule has 208 valence electrons. The van der Waals surface area contributed by atoms with Crippen LogP contribution in [0.3, 0.4) is 0 Å². The van der Waals surface area contributed by atoms with E-state index in [0.717, 1.165) is 70.7 Å². The van der Waals surface area contributed by atoms with Gasteiger partial charge in [-0.2, -0.15) is 11.8 Å². The average molecular weight is 545 g/mol. The van der Waals surface area contributed by atoms with Crippen LogP contribution in [-0.2, 0) is 19.1 Å². The minimum Gasteiger partial charge on any atom is -0.383 e. The van der Waals surface area contributed by atoms with Crippen molar-refractivity contribution in [1.82, 2.24) is 15.1 Å². The predicted octanol–water partition coefficient (Wildman–Crippen LogP) is 1.65. The molecule has 0 aromatic heterocycles. The quantitative estimate of drug-likeness (QED) is 0.502. The first-order valence-electron chi connectivity index (χ1n) is 13.8. The van der Waals surface area contributed by atoms with Crippen molar-refractivity contribution in [3.05, 3.63) is 29.8 Å². The fourth-order valence-electron chi connectivity index (χ4n) is 6.40. The molecule has 0 radical (unpaired) electrons. The summed E-state index contributed by atoms with van der Waals surface area (Å²) in [4.78, 5) is 46.3. The second-order valence-corrected chi connectivity index (χ2v) is 11.9. The lowest BCUT2D eigenvalue weighted by Gasteiger charge is -2.36. The highest BCUT2D eigenvalue weighted by Gasteiger charge is 2.53. The molecule has 3 heterocycles. The number of methoxy groups -OCH3 is 1. The first kappa shape index (κ1) is 27.4. The van der Waals surface area contributed by atoms with Gasteiger partial charge in [0.05, 0.1) is 18.0 Å². The molecule has 5 rings (SSSR count).